The number of amides is 2. The highest BCUT2D eigenvalue weighted by atomic mass is 35.5. The van der Waals surface area contributed by atoms with Gasteiger partial charge >= 0.3 is 0 Å². The van der Waals surface area contributed by atoms with Crippen molar-refractivity contribution in [3.05, 3.63) is 52.5 Å². The lowest BCUT2D eigenvalue weighted by Crippen LogP contribution is -2.52. The average molecular weight is 428 g/mol. The molecule has 1 spiro atoms. The fraction of sp³-hybridized carbons (Fsp3) is 0.391. The van der Waals surface area contributed by atoms with Gasteiger partial charge in [-0.15, -0.1) is 0 Å². The van der Waals surface area contributed by atoms with E-state index >= 15 is 0 Å². The Morgan fingerprint density at radius 1 is 1.27 bits per heavy atom. The summed E-state index contributed by atoms with van der Waals surface area (Å²) in [5.41, 5.74) is 1.79. The van der Waals surface area contributed by atoms with Gasteiger partial charge in [0.1, 0.15) is 11.3 Å². The van der Waals surface area contributed by atoms with Crippen LogP contribution in [0.2, 0.25) is 5.02 Å². The predicted molar refractivity (Wildman–Crippen MR) is 118 cm³/mol. The van der Waals surface area contributed by atoms with Crippen LogP contribution in [0.5, 0.6) is 5.75 Å². The SMILES string of the molecule is COc1ccc(NC(=O)C2CC(C(C)C)NC23C(=O)Nc2c(Cl)cc(C)cc23)cc1. The predicted octanol–water partition coefficient (Wildman–Crippen LogP) is 4.08. The van der Waals surface area contributed by atoms with Gasteiger partial charge in [-0.2, -0.15) is 0 Å². The number of nitrogens with one attached hydrogen (secondary N) is 3. The van der Waals surface area contributed by atoms with Gasteiger partial charge in [-0.3, -0.25) is 14.9 Å². The van der Waals surface area contributed by atoms with E-state index in [2.05, 4.69) is 29.8 Å². The summed E-state index contributed by atoms with van der Waals surface area (Å²) in [4.78, 5) is 26.7. The van der Waals surface area contributed by atoms with E-state index in [-0.39, 0.29) is 23.8 Å². The molecule has 0 bridgehead atoms. The maximum Gasteiger partial charge on any atom is 0.250 e. The highest BCUT2D eigenvalue weighted by Crippen LogP contribution is 2.50. The third kappa shape index (κ3) is 3.24. The minimum atomic E-state index is -1.14. The lowest BCUT2D eigenvalue weighted by Gasteiger charge is -2.30. The lowest BCUT2D eigenvalue weighted by atomic mass is 9.79. The molecule has 158 valence electrons. The van der Waals surface area contributed by atoms with E-state index in [0.717, 1.165) is 11.1 Å². The second-order valence-electron chi connectivity index (χ2n) is 8.43. The second-order valence-corrected chi connectivity index (χ2v) is 8.84. The molecule has 0 aromatic heterocycles. The number of hydrogen-bond donors (Lipinski definition) is 3. The van der Waals surface area contributed by atoms with Crippen molar-refractivity contribution < 1.29 is 14.3 Å². The van der Waals surface area contributed by atoms with Crippen molar-refractivity contribution in [1.29, 1.82) is 0 Å². The molecule has 0 aliphatic carbocycles. The van der Waals surface area contributed by atoms with Crippen molar-refractivity contribution >= 4 is 34.8 Å². The quantitative estimate of drug-likeness (QED) is 0.687. The fourth-order valence-electron chi connectivity index (χ4n) is 4.53. The summed E-state index contributed by atoms with van der Waals surface area (Å²) < 4.78 is 5.18. The number of fused-ring (bicyclic) bond motifs is 2. The third-order valence-corrected chi connectivity index (χ3v) is 6.46. The number of carbonyl (C=O) groups is 2. The van der Waals surface area contributed by atoms with Gasteiger partial charge in [-0.05, 0) is 55.2 Å². The first kappa shape index (κ1) is 20.7. The molecule has 3 N–H and O–H groups in total. The Labute approximate surface area is 181 Å². The molecule has 2 amide bonds. The van der Waals surface area contributed by atoms with Gasteiger partial charge in [0.2, 0.25) is 11.8 Å². The van der Waals surface area contributed by atoms with Crippen molar-refractivity contribution in [3.63, 3.8) is 0 Å². The molecule has 2 aliphatic rings. The van der Waals surface area contributed by atoms with E-state index < -0.39 is 11.5 Å². The van der Waals surface area contributed by atoms with Gasteiger partial charge in [-0.25, -0.2) is 0 Å². The number of aryl methyl sites for hydroxylation is 1. The van der Waals surface area contributed by atoms with Crippen molar-refractivity contribution in [2.45, 2.75) is 38.8 Å². The Hall–Kier alpha value is -2.57. The monoisotopic (exact) mass is 427 g/mol. The Balaban J connectivity index is 1.74. The largest absolute Gasteiger partial charge is 0.497 e. The van der Waals surface area contributed by atoms with Gasteiger partial charge in [-0.1, -0.05) is 31.5 Å². The highest BCUT2D eigenvalue weighted by molar-refractivity contribution is 6.35. The van der Waals surface area contributed by atoms with Crippen molar-refractivity contribution in [2.75, 3.05) is 17.7 Å². The Morgan fingerprint density at radius 3 is 2.60 bits per heavy atom. The molecule has 6 nitrogen and oxygen atoms in total. The molecule has 2 aliphatic heterocycles. The number of halogens is 1. The molecule has 0 radical (unpaired) electrons. The van der Waals surface area contributed by atoms with Crippen molar-refractivity contribution in [1.82, 2.24) is 5.32 Å². The van der Waals surface area contributed by atoms with Crippen molar-refractivity contribution in [3.8, 4) is 5.75 Å². The smallest absolute Gasteiger partial charge is 0.250 e. The van der Waals surface area contributed by atoms with Crippen LogP contribution < -0.4 is 20.7 Å². The second kappa shape index (κ2) is 7.60. The Kier molecular flexibility index (Phi) is 5.24. The normalized spacial score (nSPS) is 24.8. The molecule has 3 unspecified atom stereocenters. The van der Waals surface area contributed by atoms with Gasteiger partial charge in [0.25, 0.3) is 0 Å². The standard InChI is InChI=1S/C23H26ClN3O3/c1-12(2)19-11-17(21(28)25-14-5-7-15(30-4)8-6-14)23(27-19)16-9-13(3)10-18(24)20(16)26-22(23)29/h5-10,12,17,19,27H,11H2,1-4H3,(H,25,28)(H,26,29). The van der Waals surface area contributed by atoms with E-state index in [0.29, 0.717) is 28.6 Å². The summed E-state index contributed by atoms with van der Waals surface area (Å²) in [5, 5.41) is 9.89. The molecule has 2 heterocycles. The molecular weight excluding hydrogens is 402 g/mol. The fourth-order valence-corrected chi connectivity index (χ4v) is 4.85. The summed E-state index contributed by atoms with van der Waals surface area (Å²) in [6, 6.07) is 10.9. The zero-order valence-electron chi connectivity index (χ0n) is 17.5. The van der Waals surface area contributed by atoms with E-state index in [1.165, 1.54) is 0 Å². The van der Waals surface area contributed by atoms with E-state index in [1.807, 2.05) is 19.1 Å². The molecule has 7 heteroatoms. The maximum atomic E-state index is 13.4. The van der Waals surface area contributed by atoms with Gasteiger partial charge in [0, 0.05) is 17.3 Å². The zero-order valence-corrected chi connectivity index (χ0v) is 18.3. The van der Waals surface area contributed by atoms with Crippen LogP contribution >= 0.6 is 11.6 Å². The van der Waals surface area contributed by atoms with Crippen LogP contribution in [-0.2, 0) is 15.1 Å². The topological polar surface area (TPSA) is 79.5 Å². The summed E-state index contributed by atoms with van der Waals surface area (Å²) in [6.07, 6.45) is 0.554. The molecule has 30 heavy (non-hydrogen) atoms. The molecule has 0 saturated carbocycles. The number of ether oxygens (including phenoxy) is 1. The molecule has 4 rings (SSSR count). The molecule has 2 aromatic carbocycles. The molecule has 3 atom stereocenters. The number of benzene rings is 2. The summed E-state index contributed by atoms with van der Waals surface area (Å²) in [7, 11) is 1.59. The van der Waals surface area contributed by atoms with Crippen LogP contribution in [0.3, 0.4) is 0 Å². The van der Waals surface area contributed by atoms with Gasteiger partial charge < -0.3 is 15.4 Å². The van der Waals surface area contributed by atoms with Gasteiger partial charge in [0.15, 0.2) is 0 Å². The molecule has 1 saturated heterocycles. The van der Waals surface area contributed by atoms with E-state index in [4.69, 9.17) is 16.3 Å². The van der Waals surface area contributed by atoms with Gasteiger partial charge in [0.05, 0.1) is 23.7 Å². The first-order chi connectivity index (χ1) is 14.3. The number of rotatable bonds is 4. The molecular formula is C23H26ClN3O3. The Morgan fingerprint density at radius 2 is 1.97 bits per heavy atom. The Bertz CT molecular complexity index is 1010. The highest BCUT2D eigenvalue weighted by Gasteiger charge is 2.60. The zero-order chi connectivity index (χ0) is 21.6. The van der Waals surface area contributed by atoms with Crippen LogP contribution in [0, 0.1) is 18.8 Å². The molecule has 2 aromatic rings. The third-order valence-electron chi connectivity index (χ3n) is 6.16. The van der Waals surface area contributed by atoms with E-state index in [1.54, 1.807) is 31.4 Å². The van der Waals surface area contributed by atoms with Crippen molar-refractivity contribution in [2.24, 2.45) is 11.8 Å². The summed E-state index contributed by atoms with van der Waals surface area (Å²) in [6.45, 7) is 6.11. The summed E-state index contributed by atoms with van der Waals surface area (Å²) >= 11 is 6.43. The first-order valence-electron chi connectivity index (χ1n) is 10.1. The van der Waals surface area contributed by atoms with Crippen LogP contribution in [0.25, 0.3) is 0 Å². The first-order valence-corrected chi connectivity index (χ1v) is 10.5. The van der Waals surface area contributed by atoms with Crippen LogP contribution in [-0.4, -0.2) is 25.0 Å². The number of hydrogen-bond acceptors (Lipinski definition) is 4. The molecule has 1 fully saturated rings. The lowest BCUT2D eigenvalue weighted by molar-refractivity contribution is -0.130. The minimum absolute atomic E-state index is 0.0209. The number of methoxy groups -OCH3 is 1. The van der Waals surface area contributed by atoms with E-state index in [9.17, 15) is 9.59 Å². The van der Waals surface area contributed by atoms with Crippen LogP contribution in [0.4, 0.5) is 11.4 Å². The average Bonchev–Trinajstić information content (AvgIpc) is 3.24. The van der Waals surface area contributed by atoms with Crippen LogP contribution in [0.1, 0.15) is 31.4 Å². The summed E-state index contributed by atoms with van der Waals surface area (Å²) in [5.74, 6) is -0.0375. The minimum Gasteiger partial charge on any atom is -0.497 e. The maximum absolute atomic E-state index is 13.4. The van der Waals surface area contributed by atoms with Crippen LogP contribution in [0.15, 0.2) is 36.4 Å². The number of anilines is 2. The number of carbonyl (C=O) groups excluding carboxylic acids is 2.